The minimum absolute atomic E-state index is 0.00754. The number of benzene rings is 1. The van der Waals surface area contributed by atoms with Crippen molar-refractivity contribution in [2.45, 2.75) is 4.90 Å². The summed E-state index contributed by atoms with van der Waals surface area (Å²) in [5, 5.41) is 6.64. The molecule has 0 saturated carbocycles. The summed E-state index contributed by atoms with van der Waals surface area (Å²) in [6.07, 6.45) is 0. The number of nitrogens with zero attached hydrogens (tertiary/aromatic N) is 2. The van der Waals surface area contributed by atoms with Gasteiger partial charge in [0.1, 0.15) is 0 Å². The van der Waals surface area contributed by atoms with Crippen molar-refractivity contribution in [1.29, 1.82) is 0 Å². The van der Waals surface area contributed by atoms with E-state index in [2.05, 4.69) is 10.5 Å². The van der Waals surface area contributed by atoms with Crippen molar-refractivity contribution in [3.8, 4) is 0 Å². The van der Waals surface area contributed by atoms with Gasteiger partial charge in [-0.05, 0) is 12.1 Å². The molecule has 0 atom stereocenters. The molecule has 5 nitrogen and oxygen atoms in total. The van der Waals surface area contributed by atoms with Gasteiger partial charge in [0.2, 0.25) is 5.91 Å². The summed E-state index contributed by atoms with van der Waals surface area (Å²) in [7, 11) is 1.87. The van der Waals surface area contributed by atoms with Gasteiger partial charge in [-0.2, -0.15) is 0 Å². The number of carbonyl (C=O) groups is 1. The second kappa shape index (κ2) is 6.30. The molecule has 0 unspecified atom stereocenters. The van der Waals surface area contributed by atoms with Crippen molar-refractivity contribution in [2.75, 3.05) is 26.1 Å². The summed E-state index contributed by atoms with van der Waals surface area (Å²) < 4.78 is 0. The summed E-state index contributed by atoms with van der Waals surface area (Å²) in [6, 6.07) is 9.85. The molecule has 0 bridgehead atoms. The Hall–Kier alpha value is -1.69. The van der Waals surface area contributed by atoms with Crippen LogP contribution in [-0.4, -0.2) is 42.7 Å². The monoisotopic (exact) mass is 265 g/mol. The zero-order valence-electron chi connectivity index (χ0n) is 10.1. The fourth-order valence-corrected chi connectivity index (χ4v) is 2.15. The maximum atomic E-state index is 11.6. The van der Waals surface area contributed by atoms with Gasteiger partial charge in [-0.15, -0.1) is 11.8 Å². The van der Waals surface area contributed by atoms with E-state index in [1.807, 2.05) is 42.3 Å². The van der Waals surface area contributed by atoms with Crippen molar-refractivity contribution < 1.29 is 9.63 Å². The first-order valence-electron chi connectivity index (χ1n) is 5.60. The predicted molar refractivity (Wildman–Crippen MR) is 71.3 cm³/mol. The van der Waals surface area contributed by atoms with Crippen LogP contribution in [0.3, 0.4) is 0 Å². The molecule has 0 radical (unpaired) electrons. The van der Waals surface area contributed by atoms with Gasteiger partial charge < -0.3 is 15.1 Å². The summed E-state index contributed by atoms with van der Waals surface area (Å²) >= 11 is 1.52. The van der Waals surface area contributed by atoms with Crippen LogP contribution >= 0.6 is 11.8 Å². The molecule has 0 aliphatic carbocycles. The van der Waals surface area contributed by atoms with Crippen LogP contribution in [-0.2, 0) is 9.63 Å². The Labute approximate surface area is 110 Å². The molecular formula is C12H15N3O2S. The number of hydrogen-bond acceptors (Lipinski definition) is 5. The van der Waals surface area contributed by atoms with Gasteiger partial charge >= 0.3 is 0 Å². The number of nitrogens with one attached hydrogen (secondary N) is 1. The Morgan fingerprint density at radius 2 is 2.28 bits per heavy atom. The fourth-order valence-electron chi connectivity index (χ4n) is 1.40. The van der Waals surface area contributed by atoms with Gasteiger partial charge in [-0.25, -0.2) is 0 Å². The van der Waals surface area contributed by atoms with Gasteiger partial charge in [0.25, 0.3) is 0 Å². The predicted octanol–water partition coefficient (Wildman–Crippen LogP) is 1.13. The first-order valence-corrected chi connectivity index (χ1v) is 6.59. The SMILES string of the molecule is CN1CON=C1CNC(=O)CSc1ccccc1. The second-order valence-corrected chi connectivity index (χ2v) is 4.89. The molecule has 1 aromatic rings. The molecule has 1 heterocycles. The van der Waals surface area contributed by atoms with Crippen molar-refractivity contribution >= 4 is 23.5 Å². The summed E-state index contributed by atoms with van der Waals surface area (Å²) in [6.45, 7) is 0.856. The highest BCUT2D eigenvalue weighted by Gasteiger charge is 2.14. The van der Waals surface area contributed by atoms with E-state index in [9.17, 15) is 4.79 Å². The van der Waals surface area contributed by atoms with Crippen molar-refractivity contribution in [3.05, 3.63) is 30.3 Å². The Morgan fingerprint density at radius 1 is 1.50 bits per heavy atom. The molecule has 0 saturated heterocycles. The molecule has 0 fully saturated rings. The first-order chi connectivity index (χ1) is 8.75. The van der Waals surface area contributed by atoms with Crippen LogP contribution in [0.4, 0.5) is 0 Å². The lowest BCUT2D eigenvalue weighted by molar-refractivity contribution is -0.118. The highest BCUT2D eigenvalue weighted by Crippen LogP contribution is 2.16. The molecule has 0 spiro atoms. The third-order valence-corrected chi connectivity index (χ3v) is 3.43. The number of carbonyl (C=O) groups excluding carboxylic acids is 1. The molecule has 1 aliphatic rings. The van der Waals surface area contributed by atoms with Crippen LogP contribution < -0.4 is 5.32 Å². The van der Waals surface area contributed by atoms with Gasteiger partial charge in [0.15, 0.2) is 12.6 Å². The zero-order valence-corrected chi connectivity index (χ0v) is 10.9. The number of hydrogen-bond donors (Lipinski definition) is 1. The quantitative estimate of drug-likeness (QED) is 0.811. The second-order valence-electron chi connectivity index (χ2n) is 3.84. The number of oxime groups is 1. The van der Waals surface area contributed by atoms with E-state index in [4.69, 9.17) is 4.84 Å². The molecule has 1 N–H and O–H groups in total. The van der Waals surface area contributed by atoms with E-state index in [0.717, 1.165) is 10.7 Å². The van der Waals surface area contributed by atoms with E-state index < -0.39 is 0 Å². The third-order valence-electron chi connectivity index (χ3n) is 2.42. The Morgan fingerprint density at radius 3 is 2.94 bits per heavy atom. The summed E-state index contributed by atoms with van der Waals surface area (Å²) in [5.41, 5.74) is 0. The first kappa shape index (κ1) is 12.8. The molecule has 1 amide bonds. The highest BCUT2D eigenvalue weighted by atomic mass is 32.2. The lowest BCUT2D eigenvalue weighted by atomic mass is 10.4. The maximum Gasteiger partial charge on any atom is 0.230 e. The Bertz CT molecular complexity index is 436. The molecule has 18 heavy (non-hydrogen) atoms. The third kappa shape index (κ3) is 3.66. The van der Waals surface area contributed by atoms with E-state index in [0.29, 0.717) is 19.0 Å². The average Bonchev–Trinajstić information content (AvgIpc) is 2.81. The zero-order chi connectivity index (χ0) is 12.8. The molecule has 0 aromatic heterocycles. The van der Waals surface area contributed by atoms with Crippen LogP contribution in [0.25, 0.3) is 0 Å². The number of amidine groups is 1. The van der Waals surface area contributed by atoms with Crippen molar-refractivity contribution in [3.63, 3.8) is 0 Å². The largest absolute Gasteiger partial charge is 0.372 e. The van der Waals surface area contributed by atoms with E-state index in [-0.39, 0.29) is 5.91 Å². The molecule has 96 valence electrons. The molecule has 6 heteroatoms. The highest BCUT2D eigenvalue weighted by molar-refractivity contribution is 8.00. The normalized spacial score (nSPS) is 14.1. The number of thioether (sulfide) groups is 1. The van der Waals surface area contributed by atoms with Crippen LogP contribution in [0.5, 0.6) is 0 Å². The van der Waals surface area contributed by atoms with E-state index in [1.165, 1.54) is 11.8 Å². The number of amides is 1. The number of rotatable bonds is 5. The lowest BCUT2D eigenvalue weighted by Gasteiger charge is -2.10. The lowest BCUT2D eigenvalue weighted by Crippen LogP contribution is -2.36. The summed E-state index contributed by atoms with van der Waals surface area (Å²) in [4.78, 5) is 19.5. The molecular weight excluding hydrogens is 250 g/mol. The summed E-state index contributed by atoms with van der Waals surface area (Å²) in [5.74, 6) is 1.14. The minimum atomic E-state index is -0.00754. The topological polar surface area (TPSA) is 53.9 Å². The van der Waals surface area contributed by atoms with Crippen LogP contribution in [0.15, 0.2) is 40.4 Å². The van der Waals surface area contributed by atoms with Crippen LogP contribution in [0.1, 0.15) is 0 Å². The van der Waals surface area contributed by atoms with Gasteiger partial charge in [-0.1, -0.05) is 23.4 Å². The van der Waals surface area contributed by atoms with E-state index in [1.54, 1.807) is 0 Å². The van der Waals surface area contributed by atoms with Crippen molar-refractivity contribution in [2.24, 2.45) is 5.16 Å². The van der Waals surface area contributed by atoms with Gasteiger partial charge in [-0.3, -0.25) is 4.79 Å². The van der Waals surface area contributed by atoms with Crippen LogP contribution in [0, 0.1) is 0 Å². The van der Waals surface area contributed by atoms with Crippen LogP contribution in [0.2, 0.25) is 0 Å². The van der Waals surface area contributed by atoms with Gasteiger partial charge in [0, 0.05) is 11.9 Å². The molecule has 2 rings (SSSR count). The minimum Gasteiger partial charge on any atom is -0.372 e. The smallest absolute Gasteiger partial charge is 0.230 e. The maximum absolute atomic E-state index is 11.6. The van der Waals surface area contributed by atoms with Gasteiger partial charge in [0.05, 0.1) is 12.3 Å². The number of likely N-dealkylation sites (N-methyl/N-ethyl adjacent to an activating group) is 1. The molecule has 1 aliphatic heterocycles. The fraction of sp³-hybridized carbons (Fsp3) is 0.333. The van der Waals surface area contributed by atoms with E-state index >= 15 is 0 Å². The molecule has 1 aromatic carbocycles. The van der Waals surface area contributed by atoms with Crippen molar-refractivity contribution in [1.82, 2.24) is 10.2 Å². The Balaban J connectivity index is 1.70. The standard InChI is InChI=1S/C12H15N3O2S/c1-15-9-17-14-11(15)7-13-12(16)8-18-10-5-3-2-4-6-10/h2-6H,7-9H2,1H3,(H,13,16). The average molecular weight is 265 g/mol. The Kier molecular flexibility index (Phi) is 4.46.